The van der Waals surface area contributed by atoms with E-state index in [-0.39, 0.29) is 17.7 Å². The van der Waals surface area contributed by atoms with Crippen LogP contribution in [-0.2, 0) is 4.74 Å². The molecule has 2 unspecified atom stereocenters. The van der Waals surface area contributed by atoms with Crippen LogP contribution < -0.4 is 5.32 Å². The SMILES string of the molecule is CCCNC1(C#N)CC(C)OC(C)C1. The quantitative estimate of drug-likeness (QED) is 0.749. The van der Waals surface area contributed by atoms with Crippen LogP contribution in [0.15, 0.2) is 0 Å². The van der Waals surface area contributed by atoms with Gasteiger partial charge < -0.3 is 4.74 Å². The normalized spacial score (nSPS) is 37.9. The molecule has 1 saturated heterocycles. The van der Waals surface area contributed by atoms with E-state index in [9.17, 15) is 5.26 Å². The molecule has 1 aliphatic heterocycles. The second kappa shape index (κ2) is 4.77. The molecule has 1 rings (SSSR count). The molecule has 0 aromatic rings. The molecule has 0 radical (unpaired) electrons. The lowest BCUT2D eigenvalue weighted by molar-refractivity contribution is -0.0562. The van der Waals surface area contributed by atoms with Crippen LogP contribution in [0.3, 0.4) is 0 Å². The fourth-order valence-electron chi connectivity index (χ4n) is 2.20. The van der Waals surface area contributed by atoms with E-state index in [4.69, 9.17) is 4.74 Å². The van der Waals surface area contributed by atoms with Crippen LogP contribution in [0.4, 0.5) is 0 Å². The lowest BCUT2D eigenvalue weighted by atomic mass is 9.85. The molecule has 0 saturated carbocycles. The minimum Gasteiger partial charge on any atom is -0.375 e. The molecule has 1 fully saturated rings. The number of hydrogen-bond donors (Lipinski definition) is 1. The smallest absolute Gasteiger partial charge is 0.111 e. The van der Waals surface area contributed by atoms with Crippen molar-refractivity contribution in [2.24, 2.45) is 0 Å². The van der Waals surface area contributed by atoms with Crippen LogP contribution in [0.5, 0.6) is 0 Å². The summed E-state index contributed by atoms with van der Waals surface area (Å²) < 4.78 is 5.63. The molecule has 0 aliphatic carbocycles. The Labute approximate surface area is 86.4 Å². The van der Waals surface area contributed by atoms with E-state index in [0.29, 0.717) is 0 Å². The molecule has 80 valence electrons. The molecule has 0 aromatic carbocycles. The first kappa shape index (κ1) is 11.5. The third-order valence-electron chi connectivity index (χ3n) is 2.66. The van der Waals surface area contributed by atoms with Crippen molar-refractivity contribution in [3.63, 3.8) is 0 Å². The summed E-state index contributed by atoms with van der Waals surface area (Å²) in [7, 11) is 0. The minimum atomic E-state index is -0.354. The lowest BCUT2D eigenvalue weighted by Crippen LogP contribution is -2.52. The van der Waals surface area contributed by atoms with Gasteiger partial charge in [0.15, 0.2) is 0 Å². The second-order valence-corrected chi connectivity index (χ2v) is 4.29. The van der Waals surface area contributed by atoms with E-state index < -0.39 is 0 Å². The molecule has 1 aliphatic rings. The van der Waals surface area contributed by atoms with Crippen molar-refractivity contribution in [3.05, 3.63) is 0 Å². The predicted octanol–water partition coefficient (Wildman–Crippen LogP) is 1.84. The summed E-state index contributed by atoms with van der Waals surface area (Å²) >= 11 is 0. The first-order chi connectivity index (χ1) is 6.62. The first-order valence-corrected chi connectivity index (χ1v) is 5.43. The Morgan fingerprint density at radius 2 is 2.00 bits per heavy atom. The number of hydrogen-bond acceptors (Lipinski definition) is 3. The van der Waals surface area contributed by atoms with Crippen molar-refractivity contribution in [1.29, 1.82) is 5.26 Å². The van der Waals surface area contributed by atoms with Crippen molar-refractivity contribution in [1.82, 2.24) is 5.32 Å². The summed E-state index contributed by atoms with van der Waals surface area (Å²) in [6.45, 7) is 7.10. The van der Waals surface area contributed by atoms with Crippen LogP contribution in [0.25, 0.3) is 0 Å². The van der Waals surface area contributed by atoms with Gasteiger partial charge in [-0.2, -0.15) is 5.26 Å². The van der Waals surface area contributed by atoms with E-state index >= 15 is 0 Å². The Hall–Kier alpha value is -0.590. The van der Waals surface area contributed by atoms with Gasteiger partial charge in [-0.1, -0.05) is 6.92 Å². The predicted molar refractivity (Wildman–Crippen MR) is 55.9 cm³/mol. The Morgan fingerprint density at radius 3 is 2.43 bits per heavy atom. The number of rotatable bonds is 3. The van der Waals surface area contributed by atoms with Gasteiger partial charge in [0.25, 0.3) is 0 Å². The summed E-state index contributed by atoms with van der Waals surface area (Å²) in [5.41, 5.74) is -0.354. The van der Waals surface area contributed by atoms with E-state index in [0.717, 1.165) is 25.8 Å². The summed E-state index contributed by atoms with van der Waals surface area (Å²) in [4.78, 5) is 0. The highest BCUT2D eigenvalue weighted by Crippen LogP contribution is 2.28. The zero-order valence-corrected chi connectivity index (χ0v) is 9.34. The van der Waals surface area contributed by atoms with E-state index in [1.54, 1.807) is 0 Å². The van der Waals surface area contributed by atoms with Crippen molar-refractivity contribution < 1.29 is 4.74 Å². The van der Waals surface area contributed by atoms with E-state index in [1.165, 1.54) is 0 Å². The largest absolute Gasteiger partial charge is 0.375 e. The zero-order valence-electron chi connectivity index (χ0n) is 9.34. The zero-order chi connectivity index (χ0) is 10.6. The summed E-state index contributed by atoms with van der Waals surface area (Å²) in [6, 6.07) is 2.42. The van der Waals surface area contributed by atoms with Gasteiger partial charge in [-0.3, -0.25) is 5.32 Å². The van der Waals surface area contributed by atoms with Crippen molar-refractivity contribution in [3.8, 4) is 6.07 Å². The van der Waals surface area contributed by atoms with Gasteiger partial charge >= 0.3 is 0 Å². The van der Waals surface area contributed by atoms with Crippen molar-refractivity contribution in [2.75, 3.05) is 6.54 Å². The molecular formula is C11H20N2O. The minimum absolute atomic E-state index is 0.183. The molecule has 0 spiro atoms. The van der Waals surface area contributed by atoms with Crippen molar-refractivity contribution in [2.45, 2.75) is 57.8 Å². The van der Waals surface area contributed by atoms with Crippen molar-refractivity contribution >= 4 is 0 Å². The highest BCUT2D eigenvalue weighted by Gasteiger charge is 2.38. The topological polar surface area (TPSA) is 45.0 Å². The Bertz CT molecular complexity index is 212. The third-order valence-corrected chi connectivity index (χ3v) is 2.66. The van der Waals surface area contributed by atoms with Crippen LogP contribution in [0.1, 0.15) is 40.0 Å². The van der Waals surface area contributed by atoms with Gasteiger partial charge in [0, 0.05) is 12.8 Å². The molecule has 1 N–H and O–H groups in total. The third kappa shape index (κ3) is 2.70. The standard InChI is InChI=1S/C11H20N2O/c1-4-5-13-11(8-12)6-9(2)14-10(3)7-11/h9-10,13H,4-7H2,1-3H3. The first-order valence-electron chi connectivity index (χ1n) is 5.43. The van der Waals surface area contributed by atoms with E-state index in [1.807, 2.05) is 13.8 Å². The molecule has 3 heteroatoms. The van der Waals surface area contributed by atoms with Gasteiger partial charge in [0.1, 0.15) is 5.54 Å². The van der Waals surface area contributed by atoms with Crippen LogP contribution in [-0.4, -0.2) is 24.3 Å². The monoisotopic (exact) mass is 196 g/mol. The molecule has 1 heterocycles. The molecule has 0 aromatic heterocycles. The van der Waals surface area contributed by atoms with E-state index in [2.05, 4.69) is 18.3 Å². The summed E-state index contributed by atoms with van der Waals surface area (Å²) in [5, 5.41) is 12.6. The average molecular weight is 196 g/mol. The van der Waals surface area contributed by atoms with Crippen LogP contribution >= 0.6 is 0 Å². The van der Waals surface area contributed by atoms with Gasteiger partial charge in [-0.25, -0.2) is 0 Å². The fourth-order valence-corrected chi connectivity index (χ4v) is 2.20. The molecule has 0 amide bonds. The highest BCUT2D eigenvalue weighted by molar-refractivity contribution is 5.10. The van der Waals surface area contributed by atoms with Gasteiger partial charge in [0.2, 0.25) is 0 Å². The number of nitrogens with zero attached hydrogens (tertiary/aromatic N) is 1. The number of ether oxygens (including phenoxy) is 1. The maximum atomic E-state index is 9.24. The molecule has 14 heavy (non-hydrogen) atoms. The highest BCUT2D eigenvalue weighted by atomic mass is 16.5. The molecule has 0 bridgehead atoms. The average Bonchev–Trinajstić information content (AvgIpc) is 2.13. The Balaban J connectivity index is 2.63. The van der Waals surface area contributed by atoms with Crippen LogP contribution in [0, 0.1) is 11.3 Å². The Kier molecular flexibility index (Phi) is 3.91. The number of nitriles is 1. The second-order valence-electron chi connectivity index (χ2n) is 4.29. The maximum absolute atomic E-state index is 9.24. The lowest BCUT2D eigenvalue weighted by Gasteiger charge is -2.38. The van der Waals surface area contributed by atoms with Gasteiger partial charge in [0.05, 0.1) is 18.3 Å². The van der Waals surface area contributed by atoms with Gasteiger partial charge in [-0.15, -0.1) is 0 Å². The molecule has 3 nitrogen and oxygen atoms in total. The van der Waals surface area contributed by atoms with Gasteiger partial charge in [-0.05, 0) is 26.8 Å². The summed E-state index contributed by atoms with van der Waals surface area (Å²) in [6.07, 6.45) is 3.03. The fraction of sp³-hybridized carbons (Fsp3) is 0.909. The molecule has 2 atom stereocenters. The van der Waals surface area contributed by atoms with Crippen LogP contribution in [0.2, 0.25) is 0 Å². The Morgan fingerprint density at radius 1 is 1.43 bits per heavy atom. The molecular weight excluding hydrogens is 176 g/mol. The number of nitrogens with one attached hydrogen (secondary N) is 1. The summed E-state index contributed by atoms with van der Waals surface area (Å²) in [5.74, 6) is 0. The maximum Gasteiger partial charge on any atom is 0.111 e.